The summed E-state index contributed by atoms with van der Waals surface area (Å²) in [5, 5.41) is 0. The van der Waals surface area contributed by atoms with Crippen LogP contribution in [0.5, 0.6) is 0 Å². The monoisotopic (exact) mass is 379 g/mol. The topological polar surface area (TPSA) is 98.7 Å². The van der Waals surface area contributed by atoms with Crippen LogP contribution >= 0.6 is 0 Å². The number of hydrogen-bond donors (Lipinski definition) is 1. The average Bonchev–Trinajstić information content (AvgIpc) is 3.16. The summed E-state index contributed by atoms with van der Waals surface area (Å²) in [4.78, 5) is 30.9. The van der Waals surface area contributed by atoms with Crippen molar-refractivity contribution in [2.45, 2.75) is 18.9 Å². The summed E-state index contributed by atoms with van der Waals surface area (Å²) in [5.74, 6) is -1.36. The van der Waals surface area contributed by atoms with Crippen molar-refractivity contribution in [3.8, 4) is 0 Å². The van der Waals surface area contributed by atoms with Crippen molar-refractivity contribution in [1.82, 2.24) is 4.98 Å². The Hall–Kier alpha value is -3.35. The van der Waals surface area contributed by atoms with Gasteiger partial charge >= 0.3 is 5.97 Å². The molecule has 0 saturated carbocycles. The predicted molar refractivity (Wildman–Crippen MR) is 103 cm³/mol. The Morgan fingerprint density at radius 1 is 1.07 bits per heavy atom. The van der Waals surface area contributed by atoms with Crippen LogP contribution in [0.15, 0.2) is 59.0 Å². The van der Waals surface area contributed by atoms with Gasteiger partial charge in [-0.1, -0.05) is 42.5 Å². The van der Waals surface area contributed by atoms with Gasteiger partial charge in [0.25, 0.3) is 11.9 Å². The van der Waals surface area contributed by atoms with Crippen molar-refractivity contribution < 1.29 is 18.7 Å². The number of nitrogens with two attached hydrogens (primary N) is 1. The largest absolute Gasteiger partial charge is 0.447 e. The molecule has 0 radical (unpaired) electrons. The molecule has 4 rings (SSSR count). The lowest BCUT2D eigenvalue weighted by atomic mass is 9.97. The molecule has 0 unspecified atom stereocenters. The Labute approximate surface area is 162 Å². The minimum atomic E-state index is -1.07. The second-order valence-electron chi connectivity index (χ2n) is 6.86. The highest BCUT2D eigenvalue weighted by Crippen LogP contribution is 2.28. The van der Waals surface area contributed by atoms with E-state index < -0.39 is 18.0 Å². The first-order chi connectivity index (χ1) is 13.6. The maximum Gasteiger partial charge on any atom is 0.310 e. The van der Waals surface area contributed by atoms with Crippen LogP contribution in [0.3, 0.4) is 0 Å². The number of piperidine rings is 1. The van der Waals surface area contributed by atoms with Gasteiger partial charge in [-0.05, 0) is 25.0 Å². The van der Waals surface area contributed by atoms with E-state index in [0.717, 1.165) is 11.1 Å². The molecule has 144 valence electrons. The zero-order valence-electron chi connectivity index (χ0n) is 15.3. The Kier molecular flexibility index (Phi) is 4.97. The van der Waals surface area contributed by atoms with Crippen LogP contribution in [0, 0.1) is 5.92 Å². The Morgan fingerprint density at radius 2 is 1.75 bits per heavy atom. The predicted octanol–water partition coefficient (Wildman–Crippen LogP) is 2.81. The number of oxazole rings is 1. The number of carbonyl (C=O) groups is 2. The van der Waals surface area contributed by atoms with E-state index >= 15 is 0 Å². The van der Waals surface area contributed by atoms with Crippen molar-refractivity contribution in [3.63, 3.8) is 0 Å². The standard InChI is InChI=1S/C21H21N3O4/c22-19(25)18(14-6-2-1-3-7-14)28-20(26)15-10-12-24(13-11-15)21-23-16-8-4-5-9-17(16)27-21/h1-9,15,18H,10-13H2,(H2,22,25)/t18-/m1/s1. The van der Waals surface area contributed by atoms with E-state index in [1.54, 1.807) is 24.3 Å². The number of hydrogen-bond acceptors (Lipinski definition) is 6. The molecule has 0 bridgehead atoms. The van der Waals surface area contributed by atoms with E-state index in [1.165, 1.54) is 0 Å². The third kappa shape index (κ3) is 3.69. The summed E-state index contributed by atoms with van der Waals surface area (Å²) in [7, 11) is 0. The number of esters is 1. The highest BCUT2D eigenvalue weighted by atomic mass is 16.5. The summed E-state index contributed by atoms with van der Waals surface area (Å²) in [6, 6.07) is 17.0. The highest BCUT2D eigenvalue weighted by molar-refractivity contribution is 5.84. The number of nitrogens with zero attached hydrogens (tertiary/aromatic N) is 2. The normalized spacial score (nSPS) is 16.1. The van der Waals surface area contributed by atoms with Crippen molar-refractivity contribution in [2.24, 2.45) is 11.7 Å². The fraction of sp³-hybridized carbons (Fsp3) is 0.286. The second kappa shape index (κ2) is 7.72. The summed E-state index contributed by atoms with van der Waals surface area (Å²) in [6.45, 7) is 1.25. The van der Waals surface area contributed by atoms with Crippen LogP contribution in [0.2, 0.25) is 0 Å². The number of carbonyl (C=O) groups excluding carboxylic acids is 2. The van der Waals surface area contributed by atoms with Gasteiger partial charge in [0.15, 0.2) is 5.58 Å². The minimum Gasteiger partial charge on any atom is -0.447 e. The summed E-state index contributed by atoms with van der Waals surface area (Å²) in [5.41, 5.74) is 7.57. The fourth-order valence-corrected chi connectivity index (χ4v) is 3.43. The van der Waals surface area contributed by atoms with Gasteiger partial charge in [-0.2, -0.15) is 4.98 Å². The van der Waals surface area contributed by atoms with Gasteiger partial charge in [-0.15, -0.1) is 0 Å². The first-order valence-corrected chi connectivity index (χ1v) is 9.27. The maximum absolute atomic E-state index is 12.6. The fourth-order valence-electron chi connectivity index (χ4n) is 3.43. The van der Waals surface area contributed by atoms with Crippen molar-refractivity contribution in [1.29, 1.82) is 0 Å². The first-order valence-electron chi connectivity index (χ1n) is 9.27. The lowest BCUT2D eigenvalue weighted by Crippen LogP contribution is -2.38. The zero-order chi connectivity index (χ0) is 19.5. The van der Waals surface area contributed by atoms with Crippen LogP contribution in [-0.4, -0.2) is 29.9 Å². The van der Waals surface area contributed by atoms with Gasteiger partial charge in [0, 0.05) is 18.7 Å². The Balaban J connectivity index is 1.38. The molecule has 3 aromatic rings. The van der Waals surface area contributed by atoms with Crippen molar-refractivity contribution in [3.05, 3.63) is 60.2 Å². The van der Waals surface area contributed by atoms with Gasteiger partial charge in [-0.25, -0.2) is 0 Å². The van der Waals surface area contributed by atoms with Gasteiger partial charge in [0.05, 0.1) is 5.92 Å². The SMILES string of the molecule is NC(=O)[C@H](OC(=O)C1CCN(c2nc3ccccc3o2)CC1)c1ccccc1. The molecule has 2 aromatic carbocycles. The number of para-hydroxylation sites is 2. The van der Waals surface area contributed by atoms with Crippen LogP contribution in [0.25, 0.3) is 11.1 Å². The van der Waals surface area contributed by atoms with Gasteiger partial charge in [-0.3, -0.25) is 9.59 Å². The smallest absolute Gasteiger partial charge is 0.310 e. The summed E-state index contributed by atoms with van der Waals surface area (Å²) >= 11 is 0. The number of fused-ring (bicyclic) bond motifs is 1. The molecule has 2 N–H and O–H groups in total. The summed E-state index contributed by atoms with van der Waals surface area (Å²) < 4.78 is 11.2. The Morgan fingerprint density at radius 3 is 2.43 bits per heavy atom. The third-order valence-corrected chi connectivity index (χ3v) is 4.98. The molecule has 0 aliphatic carbocycles. The van der Waals surface area contributed by atoms with E-state index in [9.17, 15) is 9.59 Å². The molecule has 1 amide bonds. The highest BCUT2D eigenvalue weighted by Gasteiger charge is 2.31. The number of rotatable bonds is 5. The van der Waals surface area contributed by atoms with Crippen LogP contribution in [-0.2, 0) is 14.3 Å². The number of aromatic nitrogens is 1. The van der Waals surface area contributed by atoms with E-state index in [-0.39, 0.29) is 5.92 Å². The zero-order valence-corrected chi connectivity index (χ0v) is 15.3. The number of anilines is 1. The van der Waals surface area contributed by atoms with Gasteiger partial charge in [0.1, 0.15) is 5.52 Å². The minimum absolute atomic E-state index is 0.286. The average molecular weight is 379 g/mol. The molecule has 1 atom stereocenters. The molecule has 1 aliphatic rings. The van der Waals surface area contributed by atoms with E-state index in [2.05, 4.69) is 4.98 Å². The molecule has 1 saturated heterocycles. The Bertz CT molecular complexity index is 944. The molecule has 1 aromatic heterocycles. The van der Waals surface area contributed by atoms with E-state index in [0.29, 0.717) is 37.5 Å². The lowest BCUT2D eigenvalue weighted by molar-refractivity contribution is -0.160. The quantitative estimate of drug-likeness (QED) is 0.685. The van der Waals surface area contributed by atoms with Crippen molar-refractivity contribution in [2.75, 3.05) is 18.0 Å². The van der Waals surface area contributed by atoms with E-state index in [1.807, 2.05) is 35.2 Å². The van der Waals surface area contributed by atoms with E-state index in [4.69, 9.17) is 14.9 Å². The maximum atomic E-state index is 12.6. The molecule has 0 spiro atoms. The number of amides is 1. The molecule has 1 fully saturated rings. The van der Waals surface area contributed by atoms with Crippen LogP contribution < -0.4 is 10.6 Å². The molecular formula is C21H21N3O4. The van der Waals surface area contributed by atoms with Gasteiger partial charge in [0.2, 0.25) is 6.10 Å². The molecule has 1 aliphatic heterocycles. The molecule has 2 heterocycles. The number of primary amides is 1. The van der Waals surface area contributed by atoms with Crippen molar-refractivity contribution >= 4 is 29.0 Å². The van der Waals surface area contributed by atoms with Crippen LogP contribution in [0.1, 0.15) is 24.5 Å². The second-order valence-corrected chi connectivity index (χ2v) is 6.86. The van der Waals surface area contributed by atoms with Crippen LogP contribution in [0.4, 0.5) is 6.01 Å². The third-order valence-electron chi connectivity index (χ3n) is 4.98. The first kappa shape index (κ1) is 18.0. The summed E-state index contributed by atoms with van der Waals surface area (Å²) in [6.07, 6.45) is 0.124. The molecule has 7 heteroatoms. The number of benzene rings is 2. The molecule has 28 heavy (non-hydrogen) atoms. The molecular weight excluding hydrogens is 358 g/mol. The van der Waals surface area contributed by atoms with Gasteiger partial charge < -0.3 is 19.8 Å². The number of ether oxygens (including phenoxy) is 1. The molecule has 7 nitrogen and oxygen atoms in total. The lowest BCUT2D eigenvalue weighted by Gasteiger charge is -2.30.